The Morgan fingerprint density at radius 2 is 2.33 bits per heavy atom. The van der Waals surface area contributed by atoms with Gasteiger partial charge in [-0.15, -0.1) is 0 Å². The maximum atomic E-state index is 11.3. The van der Waals surface area contributed by atoms with Crippen molar-refractivity contribution in [1.82, 2.24) is 4.98 Å². The number of carbonyl (C=O) groups is 1. The molecule has 1 aromatic rings. The molecule has 0 atom stereocenters. The van der Waals surface area contributed by atoms with E-state index in [1.165, 1.54) is 12.2 Å². The summed E-state index contributed by atoms with van der Waals surface area (Å²) in [5.41, 5.74) is 1.15. The van der Waals surface area contributed by atoms with E-state index in [9.17, 15) is 9.59 Å². The molecule has 0 unspecified atom stereocenters. The standard InChI is InChI=1S/C11H13NO3/c1-3-15-10(13)5-4-9-6-8(2)7-12-11(9)14/h4-7H,3H2,1-2H3,(H,12,14). The van der Waals surface area contributed by atoms with Crippen molar-refractivity contribution in [1.29, 1.82) is 0 Å². The zero-order valence-corrected chi connectivity index (χ0v) is 8.74. The van der Waals surface area contributed by atoms with E-state index in [1.807, 2.05) is 6.92 Å². The van der Waals surface area contributed by atoms with E-state index >= 15 is 0 Å². The highest BCUT2D eigenvalue weighted by atomic mass is 16.5. The number of H-pyrrole nitrogens is 1. The average molecular weight is 207 g/mol. The smallest absolute Gasteiger partial charge is 0.330 e. The van der Waals surface area contributed by atoms with Crippen molar-refractivity contribution in [3.8, 4) is 0 Å². The molecule has 0 spiro atoms. The van der Waals surface area contributed by atoms with Gasteiger partial charge in [0.15, 0.2) is 0 Å². The molecule has 0 aliphatic carbocycles. The molecule has 1 heterocycles. The van der Waals surface area contributed by atoms with Gasteiger partial charge in [0.1, 0.15) is 0 Å². The summed E-state index contributed by atoms with van der Waals surface area (Å²) in [6, 6.07) is 1.70. The SMILES string of the molecule is CCOC(=O)C=Cc1cc(C)c[nH]c1=O. The number of hydrogen-bond donors (Lipinski definition) is 1. The molecule has 0 aromatic carbocycles. The summed E-state index contributed by atoms with van der Waals surface area (Å²) in [5.74, 6) is -0.446. The minimum absolute atomic E-state index is 0.221. The maximum absolute atomic E-state index is 11.3. The van der Waals surface area contributed by atoms with Crippen LogP contribution in [0.3, 0.4) is 0 Å². The van der Waals surface area contributed by atoms with Gasteiger partial charge in [-0.05, 0) is 31.6 Å². The van der Waals surface area contributed by atoms with E-state index in [-0.39, 0.29) is 5.56 Å². The normalized spacial score (nSPS) is 10.5. The highest BCUT2D eigenvalue weighted by Crippen LogP contribution is 1.98. The van der Waals surface area contributed by atoms with Crippen molar-refractivity contribution < 1.29 is 9.53 Å². The Kier molecular flexibility index (Phi) is 3.85. The second-order valence-electron chi connectivity index (χ2n) is 3.05. The summed E-state index contributed by atoms with van der Waals surface area (Å²) in [5, 5.41) is 0. The van der Waals surface area contributed by atoms with E-state index < -0.39 is 5.97 Å². The molecule has 0 aliphatic rings. The zero-order valence-electron chi connectivity index (χ0n) is 8.74. The van der Waals surface area contributed by atoms with Crippen LogP contribution in [0.15, 0.2) is 23.1 Å². The average Bonchev–Trinajstić information content (AvgIpc) is 2.20. The number of ether oxygens (including phenoxy) is 1. The number of nitrogens with one attached hydrogen (secondary N) is 1. The number of rotatable bonds is 3. The van der Waals surface area contributed by atoms with Crippen LogP contribution in [0.1, 0.15) is 18.1 Å². The Bertz CT molecular complexity index is 432. The third-order valence-electron chi connectivity index (χ3n) is 1.76. The molecule has 0 radical (unpaired) electrons. The minimum atomic E-state index is -0.446. The van der Waals surface area contributed by atoms with Crippen LogP contribution < -0.4 is 5.56 Å². The monoisotopic (exact) mass is 207 g/mol. The third kappa shape index (κ3) is 3.42. The van der Waals surface area contributed by atoms with Gasteiger partial charge in [0, 0.05) is 17.8 Å². The lowest BCUT2D eigenvalue weighted by molar-refractivity contribution is -0.137. The second-order valence-corrected chi connectivity index (χ2v) is 3.05. The van der Waals surface area contributed by atoms with E-state index in [0.29, 0.717) is 12.2 Å². The molecule has 0 amide bonds. The molecule has 1 N–H and O–H groups in total. The van der Waals surface area contributed by atoms with Crippen molar-refractivity contribution in [2.75, 3.05) is 6.61 Å². The van der Waals surface area contributed by atoms with Crippen molar-refractivity contribution in [3.63, 3.8) is 0 Å². The van der Waals surface area contributed by atoms with Crippen LogP contribution in [-0.2, 0) is 9.53 Å². The Morgan fingerprint density at radius 1 is 1.60 bits per heavy atom. The predicted octanol–water partition coefficient (Wildman–Crippen LogP) is 1.26. The molecular formula is C11H13NO3. The molecule has 4 heteroatoms. The highest BCUT2D eigenvalue weighted by molar-refractivity contribution is 5.86. The van der Waals surface area contributed by atoms with Crippen LogP contribution in [0, 0.1) is 6.92 Å². The van der Waals surface area contributed by atoms with Gasteiger partial charge in [-0.3, -0.25) is 4.79 Å². The molecule has 80 valence electrons. The van der Waals surface area contributed by atoms with E-state index in [0.717, 1.165) is 5.56 Å². The Balaban J connectivity index is 2.84. The van der Waals surface area contributed by atoms with Crippen LogP contribution in [0.25, 0.3) is 6.08 Å². The fourth-order valence-corrected chi connectivity index (χ4v) is 1.09. The van der Waals surface area contributed by atoms with Crippen LogP contribution >= 0.6 is 0 Å². The summed E-state index contributed by atoms with van der Waals surface area (Å²) >= 11 is 0. The molecule has 0 saturated heterocycles. The maximum Gasteiger partial charge on any atom is 0.330 e. The molecule has 4 nitrogen and oxygen atoms in total. The number of aryl methyl sites for hydroxylation is 1. The Hall–Kier alpha value is -1.84. The van der Waals surface area contributed by atoms with Crippen LogP contribution in [0.2, 0.25) is 0 Å². The fraction of sp³-hybridized carbons (Fsp3) is 0.273. The summed E-state index contributed by atoms with van der Waals surface area (Å²) in [6.07, 6.45) is 4.31. The van der Waals surface area contributed by atoms with E-state index in [4.69, 9.17) is 4.74 Å². The van der Waals surface area contributed by atoms with Crippen molar-refractivity contribution >= 4 is 12.0 Å². The zero-order chi connectivity index (χ0) is 11.3. The van der Waals surface area contributed by atoms with Crippen molar-refractivity contribution in [3.05, 3.63) is 39.8 Å². The number of esters is 1. The third-order valence-corrected chi connectivity index (χ3v) is 1.76. The van der Waals surface area contributed by atoms with Gasteiger partial charge < -0.3 is 9.72 Å². The number of aromatic nitrogens is 1. The van der Waals surface area contributed by atoms with Gasteiger partial charge in [-0.25, -0.2) is 4.79 Å². The first-order valence-corrected chi connectivity index (χ1v) is 4.67. The fourth-order valence-electron chi connectivity index (χ4n) is 1.09. The van der Waals surface area contributed by atoms with Gasteiger partial charge in [-0.1, -0.05) is 0 Å². The Labute approximate surface area is 87.6 Å². The summed E-state index contributed by atoms with van der Waals surface area (Å²) < 4.78 is 4.70. The van der Waals surface area contributed by atoms with Gasteiger partial charge in [-0.2, -0.15) is 0 Å². The molecule has 15 heavy (non-hydrogen) atoms. The first kappa shape index (κ1) is 11.2. The molecule has 0 bridgehead atoms. The summed E-state index contributed by atoms with van der Waals surface area (Å²) in [6.45, 7) is 3.91. The molecule has 0 saturated carbocycles. The molecular weight excluding hydrogens is 194 g/mol. The number of pyridine rings is 1. The number of aromatic amines is 1. The lowest BCUT2D eigenvalue weighted by Gasteiger charge is -1.96. The first-order chi connectivity index (χ1) is 7.13. The van der Waals surface area contributed by atoms with Gasteiger partial charge in [0.25, 0.3) is 5.56 Å². The topological polar surface area (TPSA) is 59.2 Å². The lowest BCUT2D eigenvalue weighted by atomic mass is 10.2. The van der Waals surface area contributed by atoms with E-state index in [2.05, 4.69) is 4.98 Å². The van der Waals surface area contributed by atoms with Crippen LogP contribution in [0.5, 0.6) is 0 Å². The van der Waals surface area contributed by atoms with E-state index in [1.54, 1.807) is 19.2 Å². The van der Waals surface area contributed by atoms with Crippen molar-refractivity contribution in [2.45, 2.75) is 13.8 Å². The van der Waals surface area contributed by atoms with Crippen molar-refractivity contribution in [2.24, 2.45) is 0 Å². The summed E-state index contributed by atoms with van der Waals surface area (Å²) in [4.78, 5) is 24.8. The predicted molar refractivity (Wildman–Crippen MR) is 57.5 cm³/mol. The minimum Gasteiger partial charge on any atom is -0.463 e. The van der Waals surface area contributed by atoms with Crippen LogP contribution in [0.4, 0.5) is 0 Å². The molecule has 0 aliphatic heterocycles. The number of carbonyl (C=O) groups excluding carboxylic acids is 1. The first-order valence-electron chi connectivity index (χ1n) is 4.67. The lowest BCUT2D eigenvalue weighted by Crippen LogP contribution is -2.09. The quantitative estimate of drug-likeness (QED) is 0.599. The molecule has 0 fully saturated rings. The van der Waals surface area contributed by atoms with Gasteiger partial charge in [0.05, 0.1) is 6.61 Å². The molecule has 1 rings (SSSR count). The largest absolute Gasteiger partial charge is 0.463 e. The number of hydrogen-bond acceptors (Lipinski definition) is 3. The summed E-state index contributed by atoms with van der Waals surface area (Å²) in [7, 11) is 0. The highest BCUT2D eigenvalue weighted by Gasteiger charge is 1.97. The van der Waals surface area contributed by atoms with Gasteiger partial charge in [0.2, 0.25) is 0 Å². The van der Waals surface area contributed by atoms with Gasteiger partial charge >= 0.3 is 5.97 Å². The van der Waals surface area contributed by atoms with Crippen LogP contribution in [-0.4, -0.2) is 17.6 Å². The Morgan fingerprint density at radius 3 is 3.00 bits per heavy atom. The molecule has 1 aromatic heterocycles. The second kappa shape index (κ2) is 5.14.